The summed E-state index contributed by atoms with van der Waals surface area (Å²) in [4.78, 5) is 12.2. The maximum absolute atomic E-state index is 11.8. The van der Waals surface area contributed by atoms with Gasteiger partial charge in [0.2, 0.25) is 0 Å². The van der Waals surface area contributed by atoms with Gasteiger partial charge in [-0.25, -0.2) is 4.79 Å². The maximum Gasteiger partial charge on any atom is 0.338 e. The molecule has 1 rings (SSSR count). The predicted molar refractivity (Wildman–Crippen MR) is 72.1 cm³/mol. The minimum atomic E-state index is -0.301. The van der Waals surface area contributed by atoms with Gasteiger partial charge < -0.3 is 10.5 Å². The van der Waals surface area contributed by atoms with E-state index in [1.165, 1.54) is 0 Å². The number of benzene rings is 1. The van der Waals surface area contributed by atoms with Crippen LogP contribution in [0.4, 0.5) is 0 Å². The molecule has 0 radical (unpaired) electrons. The molecule has 17 heavy (non-hydrogen) atoms. The molecule has 0 spiro atoms. The molecule has 0 atom stereocenters. The number of rotatable bonds is 6. The van der Waals surface area contributed by atoms with Crippen molar-refractivity contribution in [2.45, 2.75) is 26.2 Å². The lowest BCUT2D eigenvalue weighted by Gasteiger charge is -2.08. The summed E-state index contributed by atoms with van der Waals surface area (Å²) in [6.07, 6.45) is 2.30. The average Bonchev–Trinajstić information content (AvgIpc) is 2.29. The second kappa shape index (κ2) is 7.01. The number of carbonyl (C=O) groups excluding carboxylic acids is 1. The Morgan fingerprint density at radius 3 is 2.76 bits per heavy atom. The topological polar surface area (TPSA) is 52.3 Å². The van der Waals surface area contributed by atoms with Crippen LogP contribution in [0.3, 0.4) is 0 Å². The first kappa shape index (κ1) is 13.6. The van der Waals surface area contributed by atoms with E-state index in [1.54, 1.807) is 12.1 Å². The van der Waals surface area contributed by atoms with Crippen molar-refractivity contribution in [2.75, 3.05) is 6.61 Å². The van der Waals surface area contributed by atoms with Crippen LogP contribution in [0.25, 0.3) is 0 Å². The van der Waals surface area contributed by atoms with Gasteiger partial charge in [0.05, 0.1) is 17.2 Å². The van der Waals surface area contributed by atoms with E-state index in [0.29, 0.717) is 23.6 Å². The fraction of sp³-hybridized carbons (Fsp3) is 0.385. The molecular formula is C13H17NO2S. The minimum absolute atomic E-state index is 0.301. The highest BCUT2D eigenvalue weighted by Crippen LogP contribution is 2.11. The highest BCUT2D eigenvalue weighted by Gasteiger charge is 2.12. The summed E-state index contributed by atoms with van der Waals surface area (Å²) >= 11 is 4.86. The summed E-state index contributed by atoms with van der Waals surface area (Å²) in [5.41, 5.74) is 6.87. The normalized spacial score (nSPS) is 9.94. The molecule has 0 heterocycles. The number of hydrogen-bond donors (Lipinski definition) is 1. The van der Waals surface area contributed by atoms with Crippen molar-refractivity contribution in [1.82, 2.24) is 0 Å². The summed E-state index contributed by atoms with van der Waals surface area (Å²) in [5, 5.41) is 0. The molecule has 0 saturated carbocycles. The van der Waals surface area contributed by atoms with Crippen LogP contribution in [0.5, 0.6) is 0 Å². The average molecular weight is 251 g/mol. The standard InChI is InChI=1S/C13H17NO2S/c1-2-3-8-16-13(15)11-7-5-4-6-10(11)9-12(14)17/h4-7H,2-3,8-9H2,1H3,(H2,14,17). The van der Waals surface area contributed by atoms with Gasteiger partial charge in [-0.2, -0.15) is 0 Å². The molecule has 1 aromatic rings. The van der Waals surface area contributed by atoms with Crippen LogP contribution in [0.2, 0.25) is 0 Å². The zero-order valence-electron chi connectivity index (χ0n) is 9.94. The van der Waals surface area contributed by atoms with Crippen LogP contribution < -0.4 is 5.73 Å². The fourth-order valence-corrected chi connectivity index (χ4v) is 1.60. The molecule has 0 amide bonds. The van der Waals surface area contributed by atoms with Crippen molar-refractivity contribution in [3.63, 3.8) is 0 Å². The highest BCUT2D eigenvalue weighted by atomic mass is 32.1. The summed E-state index contributed by atoms with van der Waals surface area (Å²) in [7, 11) is 0. The zero-order valence-corrected chi connectivity index (χ0v) is 10.8. The van der Waals surface area contributed by atoms with Gasteiger partial charge in [0, 0.05) is 6.42 Å². The third-order valence-electron chi connectivity index (χ3n) is 2.33. The van der Waals surface area contributed by atoms with Crippen molar-refractivity contribution in [3.05, 3.63) is 35.4 Å². The second-order valence-electron chi connectivity index (χ2n) is 3.79. The number of carbonyl (C=O) groups is 1. The summed E-state index contributed by atoms with van der Waals surface area (Å²) in [6, 6.07) is 7.24. The Bertz CT molecular complexity index is 404. The summed E-state index contributed by atoms with van der Waals surface area (Å²) in [5.74, 6) is -0.301. The van der Waals surface area contributed by atoms with E-state index in [1.807, 2.05) is 12.1 Å². The lowest BCUT2D eigenvalue weighted by atomic mass is 10.0. The Balaban J connectivity index is 2.74. The van der Waals surface area contributed by atoms with Gasteiger partial charge in [0.25, 0.3) is 0 Å². The third kappa shape index (κ3) is 4.53. The summed E-state index contributed by atoms with van der Waals surface area (Å²) in [6.45, 7) is 2.51. The van der Waals surface area contributed by atoms with Crippen LogP contribution >= 0.6 is 12.2 Å². The van der Waals surface area contributed by atoms with Crippen LogP contribution in [-0.4, -0.2) is 17.6 Å². The number of thiocarbonyl (C=S) groups is 1. The quantitative estimate of drug-likeness (QED) is 0.479. The molecule has 0 aromatic heterocycles. The van der Waals surface area contributed by atoms with Crippen molar-refractivity contribution < 1.29 is 9.53 Å². The first-order valence-electron chi connectivity index (χ1n) is 5.68. The van der Waals surface area contributed by atoms with Crippen molar-refractivity contribution in [2.24, 2.45) is 5.73 Å². The molecule has 0 saturated heterocycles. The molecule has 0 bridgehead atoms. The van der Waals surface area contributed by atoms with E-state index in [-0.39, 0.29) is 5.97 Å². The largest absolute Gasteiger partial charge is 0.462 e. The second-order valence-corrected chi connectivity index (χ2v) is 4.31. The number of unbranched alkanes of at least 4 members (excludes halogenated alkanes) is 1. The zero-order chi connectivity index (χ0) is 12.7. The molecule has 0 aliphatic carbocycles. The molecule has 2 N–H and O–H groups in total. The van der Waals surface area contributed by atoms with Crippen LogP contribution in [0.1, 0.15) is 35.7 Å². The molecule has 0 unspecified atom stereocenters. The van der Waals surface area contributed by atoms with Gasteiger partial charge in [0.15, 0.2) is 0 Å². The van der Waals surface area contributed by atoms with Gasteiger partial charge in [0.1, 0.15) is 0 Å². The molecule has 4 heteroatoms. The lowest BCUT2D eigenvalue weighted by molar-refractivity contribution is 0.0499. The van der Waals surface area contributed by atoms with E-state index in [2.05, 4.69) is 6.92 Å². The van der Waals surface area contributed by atoms with Crippen molar-refractivity contribution >= 4 is 23.2 Å². The van der Waals surface area contributed by atoms with E-state index < -0.39 is 0 Å². The van der Waals surface area contributed by atoms with Gasteiger partial charge >= 0.3 is 5.97 Å². The first-order valence-corrected chi connectivity index (χ1v) is 6.09. The van der Waals surface area contributed by atoms with E-state index in [9.17, 15) is 4.79 Å². The highest BCUT2D eigenvalue weighted by molar-refractivity contribution is 7.80. The predicted octanol–water partition coefficient (Wildman–Crippen LogP) is 2.47. The number of nitrogens with two attached hydrogens (primary N) is 1. The monoisotopic (exact) mass is 251 g/mol. The summed E-state index contributed by atoms with van der Waals surface area (Å²) < 4.78 is 5.17. The Morgan fingerprint density at radius 1 is 1.41 bits per heavy atom. The van der Waals surface area contributed by atoms with E-state index in [4.69, 9.17) is 22.7 Å². The molecule has 92 valence electrons. The smallest absolute Gasteiger partial charge is 0.338 e. The van der Waals surface area contributed by atoms with Crippen LogP contribution in [0.15, 0.2) is 24.3 Å². The van der Waals surface area contributed by atoms with Crippen LogP contribution in [0, 0.1) is 0 Å². The molecule has 0 aliphatic heterocycles. The molecule has 1 aromatic carbocycles. The third-order valence-corrected chi connectivity index (χ3v) is 2.48. The lowest BCUT2D eigenvalue weighted by Crippen LogP contribution is -2.15. The number of ether oxygens (including phenoxy) is 1. The Kier molecular flexibility index (Phi) is 5.63. The Hall–Kier alpha value is -1.42. The van der Waals surface area contributed by atoms with Gasteiger partial charge in [-0.1, -0.05) is 43.8 Å². The molecular weight excluding hydrogens is 234 g/mol. The SMILES string of the molecule is CCCCOC(=O)c1ccccc1CC(N)=S. The van der Waals surface area contributed by atoms with Crippen LogP contribution in [-0.2, 0) is 11.2 Å². The van der Waals surface area contributed by atoms with Crippen molar-refractivity contribution in [3.8, 4) is 0 Å². The maximum atomic E-state index is 11.8. The fourth-order valence-electron chi connectivity index (χ4n) is 1.45. The number of esters is 1. The first-order chi connectivity index (χ1) is 8.15. The Morgan fingerprint density at radius 2 is 2.12 bits per heavy atom. The van der Waals surface area contributed by atoms with Crippen molar-refractivity contribution in [1.29, 1.82) is 0 Å². The van der Waals surface area contributed by atoms with E-state index in [0.717, 1.165) is 18.4 Å². The Labute approximate surface area is 107 Å². The molecule has 3 nitrogen and oxygen atoms in total. The molecule has 0 fully saturated rings. The minimum Gasteiger partial charge on any atom is -0.462 e. The van der Waals surface area contributed by atoms with Gasteiger partial charge in [-0.15, -0.1) is 0 Å². The molecule has 0 aliphatic rings. The number of hydrogen-bond acceptors (Lipinski definition) is 3. The van der Waals surface area contributed by atoms with Gasteiger partial charge in [-0.3, -0.25) is 0 Å². The van der Waals surface area contributed by atoms with E-state index >= 15 is 0 Å². The van der Waals surface area contributed by atoms with Gasteiger partial charge in [-0.05, 0) is 18.1 Å².